The third-order valence-corrected chi connectivity index (χ3v) is 3.13. The van der Waals surface area contributed by atoms with Crippen molar-refractivity contribution in [3.63, 3.8) is 0 Å². The molecule has 0 bridgehead atoms. The predicted octanol–water partition coefficient (Wildman–Crippen LogP) is 4.58. The van der Waals surface area contributed by atoms with Crippen molar-refractivity contribution in [2.24, 2.45) is 11.3 Å². The average Bonchev–Trinajstić information content (AvgIpc) is 1.99. The van der Waals surface area contributed by atoms with Crippen LogP contribution in [0.5, 0.6) is 0 Å². The van der Waals surface area contributed by atoms with Crippen LogP contribution in [0.2, 0.25) is 0 Å². The summed E-state index contributed by atoms with van der Waals surface area (Å²) < 4.78 is 0. The molecule has 0 heterocycles. The largest absolute Gasteiger partial charge is 0.0764 e. The van der Waals surface area contributed by atoms with Crippen molar-refractivity contribution in [3.8, 4) is 0 Å². The van der Waals surface area contributed by atoms with E-state index < -0.39 is 0 Å². The van der Waals surface area contributed by atoms with Gasteiger partial charge >= 0.3 is 0 Å². The maximum absolute atomic E-state index is 2.31. The molecule has 0 rings (SSSR count). The van der Waals surface area contributed by atoms with Crippen LogP contribution in [-0.4, -0.2) is 0 Å². The molecule has 0 fully saturated rings. The lowest BCUT2D eigenvalue weighted by atomic mass is 9.75. The Labute approximate surface area is 83.7 Å². The molecule has 0 aromatic carbocycles. The van der Waals surface area contributed by atoms with Gasteiger partial charge in [-0.05, 0) is 32.1 Å². The van der Waals surface area contributed by atoms with E-state index in [2.05, 4.69) is 60.6 Å². The lowest BCUT2D eigenvalue weighted by Gasteiger charge is -2.30. The summed E-state index contributed by atoms with van der Waals surface area (Å²) in [6, 6.07) is 0. The molecule has 0 atom stereocenters. The van der Waals surface area contributed by atoms with Crippen LogP contribution >= 0.6 is 0 Å². The second kappa shape index (κ2) is 4.64. The number of allylic oxidation sites excluding steroid dienone is 4. The van der Waals surface area contributed by atoms with Crippen LogP contribution in [0.15, 0.2) is 23.3 Å². The molecule has 0 aliphatic heterocycles. The molecule has 0 aliphatic carbocycles. The van der Waals surface area contributed by atoms with Crippen LogP contribution in [0.25, 0.3) is 0 Å². The van der Waals surface area contributed by atoms with Crippen molar-refractivity contribution in [2.45, 2.75) is 48.5 Å². The van der Waals surface area contributed by atoms with E-state index in [9.17, 15) is 0 Å². The number of hydrogen-bond donors (Lipinski definition) is 0. The Balaban J connectivity index is 4.68. The van der Waals surface area contributed by atoms with Crippen LogP contribution in [0.1, 0.15) is 48.5 Å². The topological polar surface area (TPSA) is 0 Å². The highest BCUT2D eigenvalue weighted by Gasteiger charge is 2.23. The molecule has 0 aromatic heterocycles. The van der Waals surface area contributed by atoms with E-state index in [-0.39, 0.29) is 0 Å². The zero-order chi connectivity index (χ0) is 10.6. The molecule has 0 spiro atoms. The second-order valence-electron chi connectivity index (χ2n) is 4.97. The van der Waals surface area contributed by atoms with Crippen LogP contribution in [0.4, 0.5) is 0 Å². The van der Waals surface area contributed by atoms with E-state index in [1.54, 1.807) is 0 Å². The predicted molar refractivity (Wildman–Crippen MR) is 61.8 cm³/mol. The molecule has 13 heavy (non-hydrogen) atoms. The quantitative estimate of drug-likeness (QED) is 0.558. The van der Waals surface area contributed by atoms with Crippen molar-refractivity contribution >= 4 is 0 Å². The highest BCUT2D eigenvalue weighted by atomic mass is 14.3. The molecule has 0 aliphatic rings. The zero-order valence-electron chi connectivity index (χ0n) is 10.2. The summed E-state index contributed by atoms with van der Waals surface area (Å²) in [5.41, 5.74) is 3.13. The smallest absolute Gasteiger partial charge is 0.0121 e. The van der Waals surface area contributed by atoms with Gasteiger partial charge in [0.05, 0.1) is 0 Å². The fourth-order valence-corrected chi connectivity index (χ4v) is 0.962. The minimum atomic E-state index is 0.311. The number of rotatable bonds is 3. The molecule has 76 valence electrons. The Bertz CT molecular complexity index is 210. The first-order chi connectivity index (χ1) is 5.78. The maximum Gasteiger partial charge on any atom is -0.0121 e. The van der Waals surface area contributed by atoms with Gasteiger partial charge in [0.2, 0.25) is 0 Å². The third-order valence-electron chi connectivity index (χ3n) is 3.13. The van der Waals surface area contributed by atoms with E-state index in [4.69, 9.17) is 0 Å². The molecular weight excluding hydrogens is 156 g/mol. The SMILES string of the molecule is CC(C)=CC=C(C)C(C)(C)C(C)C. The van der Waals surface area contributed by atoms with Gasteiger partial charge in [-0.2, -0.15) is 0 Å². The van der Waals surface area contributed by atoms with E-state index in [0.717, 1.165) is 0 Å². The maximum atomic E-state index is 2.31. The first-order valence-corrected chi connectivity index (χ1v) is 5.10. The minimum absolute atomic E-state index is 0.311. The highest BCUT2D eigenvalue weighted by Crippen LogP contribution is 2.34. The fraction of sp³-hybridized carbons (Fsp3) is 0.692. The molecule has 0 saturated carbocycles. The first kappa shape index (κ1) is 12.5. The van der Waals surface area contributed by atoms with Crippen LogP contribution < -0.4 is 0 Å². The fourth-order valence-electron chi connectivity index (χ4n) is 0.962. The normalized spacial score (nSPS) is 13.4. The van der Waals surface area contributed by atoms with Crippen LogP contribution in [0.3, 0.4) is 0 Å². The van der Waals surface area contributed by atoms with Crippen LogP contribution in [-0.2, 0) is 0 Å². The van der Waals surface area contributed by atoms with Crippen molar-refractivity contribution < 1.29 is 0 Å². The summed E-state index contributed by atoms with van der Waals surface area (Å²) in [5, 5.41) is 0. The van der Waals surface area contributed by atoms with E-state index in [1.807, 2.05) is 0 Å². The van der Waals surface area contributed by atoms with Gasteiger partial charge in [0.1, 0.15) is 0 Å². The van der Waals surface area contributed by atoms with E-state index in [1.165, 1.54) is 11.1 Å². The van der Waals surface area contributed by atoms with Crippen molar-refractivity contribution in [1.29, 1.82) is 0 Å². The standard InChI is InChI=1S/C13H24/c1-10(2)8-9-12(5)13(6,7)11(3)4/h8-9,11H,1-7H3. The highest BCUT2D eigenvalue weighted by molar-refractivity contribution is 5.19. The van der Waals surface area contributed by atoms with Gasteiger partial charge in [0, 0.05) is 0 Å². The molecular formula is C13H24. The van der Waals surface area contributed by atoms with Gasteiger partial charge in [-0.3, -0.25) is 0 Å². The summed E-state index contributed by atoms with van der Waals surface area (Å²) in [5.74, 6) is 0.689. The summed E-state index contributed by atoms with van der Waals surface area (Å²) in [6.45, 7) is 15.7. The monoisotopic (exact) mass is 180 g/mol. The summed E-state index contributed by atoms with van der Waals surface area (Å²) in [6.07, 6.45) is 4.44. The second-order valence-corrected chi connectivity index (χ2v) is 4.97. The van der Waals surface area contributed by atoms with Crippen molar-refractivity contribution in [2.75, 3.05) is 0 Å². The third kappa shape index (κ3) is 3.80. The Morgan fingerprint density at radius 1 is 1.00 bits per heavy atom. The summed E-state index contributed by atoms with van der Waals surface area (Å²) in [4.78, 5) is 0. The summed E-state index contributed by atoms with van der Waals surface area (Å²) >= 11 is 0. The average molecular weight is 180 g/mol. The number of hydrogen-bond acceptors (Lipinski definition) is 0. The molecule has 0 heteroatoms. The Morgan fingerprint density at radius 3 is 1.77 bits per heavy atom. The lowest BCUT2D eigenvalue weighted by molar-refractivity contribution is 0.310. The van der Waals surface area contributed by atoms with Crippen molar-refractivity contribution in [3.05, 3.63) is 23.3 Å². The van der Waals surface area contributed by atoms with Gasteiger partial charge in [-0.15, -0.1) is 0 Å². The molecule has 0 saturated heterocycles. The summed E-state index contributed by atoms with van der Waals surface area (Å²) in [7, 11) is 0. The molecule has 0 radical (unpaired) electrons. The van der Waals surface area contributed by atoms with Crippen LogP contribution in [0, 0.1) is 11.3 Å². The van der Waals surface area contributed by atoms with E-state index >= 15 is 0 Å². The van der Waals surface area contributed by atoms with Gasteiger partial charge in [0.25, 0.3) is 0 Å². The minimum Gasteiger partial charge on any atom is -0.0764 e. The van der Waals surface area contributed by atoms with Gasteiger partial charge < -0.3 is 0 Å². The Hall–Kier alpha value is -0.520. The lowest BCUT2D eigenvalue weighted by Crippen LogP contribution is -2.20. The molecule has 0 unspecified atom stereocenters. The zero-order valence-corrected chi connectivity index (χ0v) is 10.2. The Kier molecular flexibility index (Phi) is 4.46. The molecule has 0 amide bonds. The van der Waals surface area contributed by atoms with Gasteiger partial charge in [-0.25, -0.2) is 0 Å². The molecule has 0 nitrogen and oxygen atoms in total. The van der Waals surface area contributed by atoms with Crippen molar-refractivity contribution in [1.82, 2.24) is 0 Å². The first-order valence-electron chi connectivity index (χ1n) is 5.10. The molecule has 0 aromatic rings. The molecule has 0 N–H and O–H groups in total. The Morgan fingerprint density at radius 2 is 1.46 bits per heavy atom. The van der Waals surface area contributed by atoms with Gasteiger partial charge in [-0.1, -0.05) is 51.0 Å². The van der Waals surface area contributed by atoms with E-state index in [0.29, 0.717) is 11.3 Å². The van der Waals surface area contributed by atoms with Gasteiger partial charge in [0.15, 0.2) is 0 Å².